The fourth-order valence-corrected chi connectivity index (χ4v) is 3.94. The zero-order valence-electron chi connectivity index (χ0n) is 12.7. The number of hydrogen-bond donors (Lipinski definition) is 2. The van der Waals surface area contributed by atoms with Gasteiger partial charge >= 0.3 is 5.97 Å². The van der Waals surface area contributed by atoms with Crippen LogP contribution >= 0.6 is 0 Å². The number of aromatic carboxylic acids is 1. The molecule has 25 heavy (non-hydrogen) atoms. The molecule has 0 spiro atoms. The lowest BCUT2D eigenvalue weighted by Crippen LogP contribution is -2.37. The average molecular weight is 360 g/mol. The van der Waals surface area contributed by atoms with E-state index in [1.807, 2.05) is 0 Å². The van der Waals surface area contributed by atoms with Crippen LogP contribution in [0.4, 0.5) is 5.69 Å². The molecule has 2 aromatic rings. The number of sulfonamides is 1. The Labute approximate surface area is 142 Å². The lowest BCUT2D eigenvalue weighted by atomic mass is 10.2. The van der Waals surface area contributed by atoms with E-state index in [1.165, 1.54) is 42.5 Å². The minimum absolute atomic E-state index is 0.0288. The lowest BCUT2D eigenvalue weighted by Gasteiger charge is -2.14. The Bertz CT molecular complexity index is 982. The summed E-state index contributed by atoms with van der Waals surface area (Å²) in [6.07, 6.45) is 0. The van der Waals surface area contributed by atoms with Gasteiger partial charge in [0.2, 0.25) is 5.91 Å². The van der Waals surface area contributed by atoms with Gasteiger partial charge < -0.3 is 10.4 Å². The third kappa shape index (κ3) is 2.96. The van der Waals surface area contributed by atoms with Crippen LogP contribution in [0.3, 0.4) is 0 Å². The molecule has 0 atom stereocenters. The number of nitrogens with zero attached hydrogens (tertiary/aromatic N) is 1. The fourth-order valence-electron chi connectivity index (χ4n) is 2.41. The zero-order chi connectivity index (χ0) is 18.2. The lowest BCUT2D eigenvalue weighted by molar-refractivity contribution is -0.116. The summed E-state index contributed by atoms with van der Waals surface area (Å²) in [5.74, 6) is -2.58. The van der Waals surface area contributed by atoms with Gasteiger partial charge in [-0.15, -0.1) is 0 Å². The molecule has 8 nitrogen and oxygen atoms in total. The van der Waals surface area contributed by atoms with Crippen molar-refractivity contribution in [2.45, 2.75) is 4.90 Å². The quantitative estimate of drug-likeness (QED) is 0.844. The minimum Gasteiger partial charge on any atom is -0.478 e. The topological polar surface area (TPSA) is 121 Å². The second-order valence-electron chi connectivity index (χ2n) is 5.24. The van der Waals surface area contributed by atoms with Crippen LogP contribution in [0.25, 0.3) is 0 Å². The van der Waals surface area contributed by atoms with E-state index in [-0.39, 0.29) is 21.7 Å². The molecular formula is C16H12N2O6S. The van der Waals surface area contributed by atoms with Crippen LogP contribution in [0.15, 0.2) is 53.4 Å². The Morgan fingerprint density at radius 1 is 1.04 bits per heavy atom. The van der Waals surface area contributed by atoms with E-state index < -0.39 is 34.4 Å². The Balaban J connectivity index is 1.76. The molecule has 0 bridgehead atoms. The normalized spacial score (nSPS) is 14.9. The Kier molecular flexibility index (Phi) is 4.01. The number of fused-ring (bicyclic) bond motifs is 1. The van der Waals surface area contributed by atoms with Crippen LogP contribution in [0.2, 0.25) is 0 Å². The first-order chi connectivity index (χ1) is 11.8. The number of carbonyl (C=O) groups is 3. The summed E-state index contributed by atoms with van der Waals surface area (Å²) in [6, 6.07) is 11.1. The van der Waals surface area contributed by atoms with Crippen molar-refractivity contribution in [2.24, 2.45) is 0 Å². The highest BCUT2D eigenvalue weighted by molar-refractivity contribution is 7.90. The van der Waals surface area contributed by atoms with Crippen molar-refractivity contribution in [1.29, 1.82) is 0 Å². The number of amides is 2. The van der Waals surface area contributed by atoms with Gasteiger partial charge in [-0.25, -0.2) is 17.5 Å². The first-order valence-corrected chi connectivity index (χ1v) is 8.54. The van der Waals surface area contributed by atoms with Crippen molar-refractivity contribution in [2.75, 3.05) is 11.9 Å². The number of hydrogen-bond acceptors (Lipinski definition) is 5. The molecule has 2 N–H and O–H groups in total. The monoisotopic (exact) mass is 360 g/mol. The third-order valence-electron chi connectivity index (χ3n) is 3.61. The van der Waals surface area contributed by atoms with Gasteiger partial charge in [0, 0.05) is 5.69 Å². The molecule has 0 radical (unpaired) electrons. The second-order valence-corrected chi connectivity index (χ2v) is 7.07. The summed E-state index contributed by atoms with van der Waals surface area (Å²) in [5.41, 5.74) is 0.364. The maximum absolute atomic E-state index is 12.4. The van der Waals surface area contributed by atoms with Crippen LogP contribution in [-0.4, -0.2) is 42.2 Å². The zero-order valence-corrected chi connectivity index (χ0v) is 13.5. The van der Waals surface area contributed by atoms with Crippen LogP contribution in [0, 0.1) is 0 Å². The van der Waals surface area contributed by atoms with Crippen molar-refractivity contribution in [1.82, 2.24) is 4.31 Å². The van der Waals surface area contributed by atoms with Gasteiger partial charge in [0.1, 0.15) is 11.4 Å². The molecule has 0 aromatic heterocycles. The first-order valence-electron chi connectivity index (χ1n) is 7.10. The SMILES string of the molecule is O=C(CN1C(=O)c2ccccc2S1(=O)=O)Nc1ccc(C(=O)O)cc1. The minimum atomic E-state index is -4.06. The predicted octanol–water partition coefficient (Wildman–Crippen LogP) is 1.17. The number of anilines is 1. The van der Waals surface area contributed by atoms with Crippen molar-refractivity contribution in [3.8, 4) is 0 Å². The number of nitrogens with one attached hydrogen (secondary N) is 1. The molecule has 0 fully saturated rings. The Morgan fingerprint density at radius 2 is 1.68 bits per heavy atom. The molecule has 2 aromatic carbocycles. The van der Waals surface area contributed by atoms with Crippen molar-refractivity contribution in [3.63, 3.8) is 0 Å². The number of rotatable bonds is 4. The molecule has 0 unspecified atom stereocenters. The molecule has 1 aliphatic rings. The highest BCUT2D eigenvalue weighted by Gasteiger charge is 2.41. The van der Waals surface area contributed by atoms with E-state index in [0.29, 0.717) is 4.31 Å². The molecule has 3 rings (SSSR count). The molecule has 0 aliphatic carbocycles. The maximum atomic E-state index is 12.4. The van der Waals surface area contributed by atoms with E-state index in [2.05, 4.69) is 5.32 Å². The van der Waals surface area contributed by atoms with E-state index in [0.717, 1.165) is 0 Å². The number of carboxylic acid groups (broad SMARTS) is 1. The summed E-state index contributed by atoms with van der Waals surface area (Å²) < 4.78 is 25.2. The van der Waals surface area contributed by atoms with Crippen molar-refractivity contribution < 1.29 is 27.9 Å². The van der Waals surface area contributed by atoms with Gasteiger partial charge in [0.15, 0.2) is 0 Å². The van der Waals surface area contributed by atoms with E-state index in [1.54, 1.807) is 6.07 Å². The van der Waals surface area contributed by atoms with E-state index in [4.69, 9.17) is 5.11 Å². The summed E-state index contributed by atoms with van der Waals surface area (Å²) in [7, 11) is -4.06. The van der Waals surface area contributed by atoms with Crippen LogP contribution in [0.1, 0.15) is 20.7 Å². The van der Waals surface area contributed by atoms with E-state index in [9.17, 15) is 22.8 Å². The molecule has 9 heteroatoms. The van der Waals surface area contributed by atoms with Crippen molar-refractivity contribution >= 4 is 33.5 Å². The molecule has 2 amide bonds. The summed E-state index contributed by atoms with van der Waals surface area (Å²) in [5, 5.41) is 11.3. The van der Waals surface area contributed by atoms with Crippen LogP contribution in [-0.2, 0) is 14.8 Å². The van der Waals surface area contributed by atoms with Gasteiger partial charge in [-0.2, -0.15) is 0 Å². The maximum Gasteiger partial charge on any atom is 0.335 e. The van der Waals surface area contributed by atoms with Crippen LogP contribution in [0.5, 0.6) is 0 Å². The molecule has 0 saturated carbocycles. The second kappa shape index (κ2) is 6.02. The summed E-state index contributed by atoms with van der Waals surface area (Å²) in [6.45, 7) is -0.670. The van der Waals surface area contributed by atoms with Gasteiger partial charge in [-0.3, -0.25) is 9.59 Å². The summed E-state index contributed by atoms with van der Waals surface area (Å²) in [4.78, 5) is 35.0. The van der Waals surface area contributed by atoms with Gasteiger partial charge in [0.25, 0.3) is 15.9 Å². The average Bonchev–Trinajstić information content (AvgIpc) is 2.77. The molecule has 128 valence electrons. The summed E-state index contributed by atoms with van der Waals surface area (Å²) >= 11 is 0. The molecular weight excluding hydrogens is 348 g/mol. The van der Waals surface area contributed by atoms with Crippen molar-refractivity contribution in [3.05, 3.63) is 59.7 Å². The van der Waals surface area contributed by atoms with Crippen LogP contribution < -0.4 is 5.32 Å². The van der Waals surface area contributed by atoms with Gasteiger partial charge in [0.05, 0.1) is 11.1 Å². The standard InChI is InChI=1S/C16H12N2O6S/c19-14(17-11-7-5-10(6-8-11)16(21)22)9-18-15(20)12-3-1-2-4-13(12)25(18,23)24/h1-8H,9H2,(H,17,19)(H,21,22). The highest BCUT2D eigenvalue weighted by atomic mass is 32.2. The van der Waals surface area contributed by atoms with E-state index >= 15 is 0 Å². The molecule has 1 aliphatic heterocycles. The van der Waals surface area contributed by atoms with Gasteiger partial charge in [-0.05, 0) is 36.4 Å². The van der Waals surface area contributed by atoms with Gasteiger partial charge in [-0.1, -0.05) is 12.1 Å². The smallest absolute Gasteiger partial charge is 0.335 e. The number of carboxylic acids is 1. The fraction of sp³-hybridized carbons (Fsp3) is 0.0625. The number of carbonyl (C=O) groups excluding carboxylic acids is 2. The molecule has 1 heterocycles. The number of benzene rings is 2. The Morgan fingerprint density at radius 3 is 2.28 bits per heavy atom. The molecule has 0 saturated heterocycles. The predicted molar refractivity (Wildman–Crippen MR) is 86.7 cm³/mol. The largest absolute Gasteiger partial charge is 0.478 e. The third-order valence-corrected chi connectivity index (χ3v) is 5.40. The highest BCUT2D eigenvalue weighted by Crippen LogP contribution is 2.29. The first kappa shape index (κ1) is 16.7. The Hall–Kier alpha value is -3.20.